The Morgan fingerprint density at radius 2 is 1.94 bits per heavy atom. The second-order valence-electron chi connectivity index (χ2n) is 8.02. The Hall–Kier alpha value is -3.30. The molecule has 4 rings (SSSR count). The van der Waals surface area contributed by atoms with Gasteiger partial charge in [-0.25, -0.2) is 19.8 Å². The summed E-state index contributed by atoms with van der Waals surface area (Å²) in [6, 6.07) is 9.65. The van der Waals surface area contributed by atoms with Gasteiger partial charge in [0.05, 0.1) is 0 Å². The minimum Gasteiger partial charge on any atom is -0.334 e. The molecule has 1 aliphatic heterocycles. The van der Waals surface area contributed by atoms with Crippen molar-refractivity contribution in [1.82, 2.24) is 25.5 Å². The van der Waals surface area contributed by atoms with Crippen molar-refractivity contribution < 1.29 is 9.53 Å². The van der Waals surface area contributed by atoms with Gasteiger partial charge in [0.1, 0.15) is 6.33 Å². The third kappa shape index (κ3) is 4.79. The van der Waals surface area contributed by atoms with Gasteiger partial charge in [0.25, 0.3) is 0 Å². The first kappa shape index (κ1) is 21.9. The van der Waals surface area contributed by atoms with Gasteiger partial charge in [-0.15, -0.1) is 0 Å². The van der Waals surface area contributed by atoms with Gasteiger partial charge in [0.15, 0.2) is 0 Å². The van der Waals surface area contributed by atoms with E-state index in [0.717, 1.165) is 42.4 Å². The molecule has 0 radical (unpaired) electrons. The molecule has 2 aliphatic rings. The fraction of sp³-hybridized carbons (Fsp3) is 0.391. The van der Waals surface area contributed by atoms with E-state index in [2.05, 4.69) is 25.6 Å². The number of carbonyl (C=O) groups is 1. The van der Waals surface area contributed by atoms with Crippen LogP contribution in [0.1, 0.15) is 36.8 Å². The number of allylic oxidation sites excluding steroid dienone is 1. The van der Waals surface area contributed by atoms with E-state index >= 15 is 0 Å². The summed E-state index contributed by atoms with van der Waals surface area (Å²) in [4.78, 5) is 27.9. The van der Waals surface area contributed by atoms with Crippen molar-refractivity contribution in [2.24, 2.45) is 10.7 Å². The lowest BCUT2D eigenvalue weighted by molar-refractivity contribution is -0.141. The number of carbonyl (C=O) groups excluding carboxylic acids is 1. The highest BCUT2D eigenvalue weighted by atomic mass is 16.5. The van der Waals surface area contributed by atoms with Crippen LogP contribution in [0.25, 0.3) is 5.57 Å². The molecule has 2 aromatic rings. The number of aromatic nitrogens is 2. The summed E-state index contributed by atoms with van der Waals surface area (Å²) in [5.74, 6) is -1.36. The van der Waals surface area contributed by atoms with E-state index in [1.54, 1.807) is 36.8 Å². The number of nitrogens with one attached hydrogen (secondary N) is 2. The molecule has 2 amide bonds. The SMILES string of the molecule is COC1(N(C(=O)NCc2ccccc2)[C@H]2CC[C@H](N)CC2)N=CC(c2cncnc2)=CN1. The Morgan fingerprint density at radius 3 is 2.56 bits per heavy atom. The Morgan fingerprint density at radius 1 is 1.22 bits per heavy atom. The van der Waals surface area contributed by atoms with Crippen LogP contribution in [0, 0.1) is 0 Å². The number of hydrogen-bond acceptors (Lipinski definition) is 7. The number of aliphatic imine (C=N–C) groups is 1. The lowest BCUT2D eigenvalue weighted by Gasteiger charge is -2.46. The van der Waals surface area contributed by atoms with Crippen LogP contribution in [0.3, 0.4) is 0 Å². The third-order valence-electron chi connectivity index (χ3n) is 5.91. The highest BCUT2D eigenvalue weighted by Crippen LogP contribution is 2.30. The topological polar surface area (TPSA) is 118 Å². The van der Waals surface area contributed by atoms with Crippen molar-refractivity contribution in [3.63, 3.8) is 0 Å². The lowest BCUT2D eigenvalue weighted by atomic mass is 9.90. The molecule has 32 heavy (non-hydrogen) atoms. The van der Waals surface area contributed by atoms with E-state index in [0.29, 0.717) is 6.54 Å². The molecule has 168 valence electrons. The van der Waals surface area contributed by atoms with Crippen molar-refractivity contribution >= 4 is 17.8 Å². The van der Waals surface area contributed by atoms with Crippen molar-refractivity contribution in [2.75, 3.05) is 7.11 Å². The second kappa shape index (κ2) is 9.88. The monoisotopic (exact) mass is 435 g/mol. The quantitative estimate of drug-likeness (QED) is 0.599. The molecule has 1 aliphatic carbocycles. The summed E-state index contributed by atoms with van der Waals surface area (Å²) in [5, 5.41) is 6.24. The highest BCUT2D eigenvalue weighted by molar-refractivity contribution is 6.10. The van der Waals surface area contributed by atoms with Gasteiger partial charge in [-0.1, -0.05) is 30.3 Å². The smallest absolute Gasteiger partial charge is 0.328 e. The Labute approximate surface area is 187 Å². The summed E-state index contributed by atoms with van der Waals surface area (Å²) in [6.07, 6.45) is 11.6. The molecular weight excluding hydrogens is 406 g/mol. The first-order valence-corrected chi connectivity index (χ1v) is 10.8. The highest BCUT2D eigenvalue weighted by Gasteiger charge is 2.45. The maximum absolute atomic E-state index is 13.5. The summed E-state index contributed by atoms with van der Waals surface area (Å²) < 4.78 is 5.83. The average molecular weight is 436 g/mol. The first-order chi connectivity index (χ1) is 15.6. The van der Waals surface area contributed by atoms with E-state index in [9.17, 15) is 4.79 Å². The molecule has 9 heteroatoms. The number of hydrogen-bond donors (Lipinski definition) is 3. The maximum atomic E-state index is 13.5. The zero-order valence-corrected chi connectivity index (χ0v) is 18.1. The van der Waals surface area contributed by atoms with Crippen LogP contribution >= 0.6 is 0 Å². The summed E-state index contributed by atoms with van der Waals surface area (Å²) in [7, 11) is 1.54. The summed E-state index contributed by atoms with van der Waals surface area (Å²) in [6.45, 7) is 0.411. The van der Waals surface area contributed by atoms with E-state index in [4.69, 9.17) is 10.5 Å². The van der Waals surface area contributed by atoms with Crippen LogP contribution in [0.15, 0.2) is 60.2 Å². The average Bonchev–Trinajstić information content (AvgIpc) is 2.85. The molecule has 0 bridgehead atoms. The lowest BCUT2D eigenvalue weighted by Crippen LogP contribution is -2.66. The van der Waals surface area contributed by atoms with Gasteiger partial charge in [0, 0.05) is 61.7 Å². The molecule has 2 heterocycles. The molecular formula is C23H29N7O2. The van der Waals surface area contributed by atoms with E-state index in [1.165, 1.54) is 6.33 Å². The molecule has 4 N–H and O–H groups in total. The van der Waals surface area contributed by atoms with E-state index in [1.807, 2.05) is 30.3 Å². The van der Waals surface area contributed by atoms with Crippen LogP contribution in [0.4, 0.5) is 4.79 Å². The number of methoxy groups -OCH3 is 1. The minimum absolute atomic E-state index is 0.0646. The molecule has 0 spiro atoms. The van der Waals surface area contributed by atoms with Gasteiger partial charge in [0.2, 0.25) is 0 Å². The molecule has 1 unspecified atom stereocenters. The van der Waals surface area contributed by atoms with Crippen LogP contribution < -0.4 is 16.4 Å². The van der Waals surface area contributed by atoms with Crippen molar-refractivity contribution in [3.8, 4) is 0 Å². The second-order valence-corrected chi connectivity index (χ2v) is 8.02. The number of benzene rings is 1. The van der Waals surface area contributed by atoms with E-state index in [-0.39, 0.29) is 18.1 Å². The fourth-order valence-corrected chi connectivity index (χ4v) is 4.12. The van der Waals surface area contributed by atoms with Gasteiger partial charge < -0.3 is 21.1 Å². The number of rotatable bonds is 6. The molecule has 1 atom stereocenters. The van der Waals surface area contributed by atoms with Gasteiger partial charge in [-0.3, -0.25) is 4.90 Å². The normalized spacial score (nSPS) is 24.9. The van der Waals surface area contributed by atoms with Crippen molar-refractivity contribution in [1.29, 1.82) is 0 Å². The van der Waals surface area contributed by atoms with Crippen LogP contribution in [0.2, 0.25) is 0 Å². The van der Waals surface area contributed by atoms with E-state index < -0.39 is 5.97 Å². The standard InChI is InChI=1S/C23H29N7O2/c1-32-23(28-14-19(15-29-23)18-12-25-16-26-13-18)30(21-9-7-20(24)8-10-21)22(31)27-11-17-5-3-2-4-6-17/h2-6,12-16,20-21,28H,7-11,24H2,1H3,(H,27,31)/t20-,21-,23?. The predicted octanol–water partition coefficient (Wildman–Crippen LogP) is 2.23. The third-order valence-corrected chi connectivity index (χ3v) is 5.91. The molecule has 1 fully saturated rings. The largest absolute Gasteiger partial charge is 0.334 e. The number of ether oxygens (including phenoxy) is 1. The predicted molar refractivity (Wildman–Crippen MR) is 122 cm³/mol. The molecule has 9 nitrogen and oxygen atoms in total. The Balaban J connectivity index is 1.57. The zero-order chi connectivity index (χ0) is 22.4. The molecule has 0 saturated heterocycles. The number of nitrogens with two attached hydrogens (primary N) is 1. The van der Waals surface area contributed by atoms with Crippen molar-refractivity contribution in [3.05, 3.63) is 66.4 Å². The molecule has 1 aromatic carbocycles. The van der Waals surface area contributed by atoms with Crippen LogP contribution in [-0.4, -0.2) is 52.3 Å². The number of amides is 2. The Kier molecular flexibility index (Phi) is 6.77. The Bertz CT molecular complexity index is 959. The van der Waals surface area contributed by atoms with Gasteiger partial charge in [-0.05, 0) is 31.2 Å². The first-order valence-electron chi connectivity index (χ1n) is 10.8. The van der Waals surface area contributed by atoms with Gasteiger partial charge in [-0.2, -0.15) is 0 Å². The zero-order valence-electron chi connectivity index (χ0n) is 18.1. The number of nitrogens with zero attached hydrogens (tertiary/aromatic N) is 4. The van der Waals surface area contributed by atoms with Crippen molar-refractivity contribution in [2.45, 2.75) is 50.3 Å². The van der Waals surface area contributed by atoms with Crippen LogP contribution in [-0.2, 0) is 11.3 Å². The van der Waals surface area contributed by atoms with Crippen LogP contribution in [0.5, 0.6) is 0 Å². The van der Waals surface area contributed by atoms with Gasteiger partial charge >= 0.3 is 12.0 Å². The molecule has 1 saturated carbocycles. The molecule has 1 aromatic heterocycles. The fourth-order valence-electron chi connectivity index (χ4n) is 4.12. The summed E-state index contributed by atoms with van der Waals surface area (Å²) in [5.41, 5.74) is 8.75. The number of urea groups is 1. The maximum Gasteiger partial charge on any atom is 0.328 e. The summed E-state index contributed by atoms with van der Waals surface area (Å²) >= 11 is 0. The minimum atomic E-state index is -1.36.